The molecule has 0 bridgehead atoms. The Labute approximate surface area is 133 Å². The van der Waals surface area contributed by atoms with Crippen LogP contribution in [0.1, 0.15) is 0 Å². The maximum Gasteiger partial charge on any atom is 0.263 e. The number of halogens is 4. The molecule has 2 aromatic rings. The molecule has 9 heteroatoms. The third-order valence-corrected chi connectivity index (χ3v) is 5.14. The number of nitrogens with two attached hydrogens (primary N) is 1. The van der Waals surface area contributed by atoms with Gasteiger partial charge < -0.3 is 5.73 Å². The fourth-order valence-corrected chi connectivity index (χ4v) is 3.80. The maximum absolute atomic E-state index is 13.2. The Morgan fingerprint density at radius 2 is 1.81 bits per heavy atom. The van der Waals surface area contributed by atoms with Crippen molar-refractivity contribution >= 4 is 48.9 Å². The van der Waals surface area contributed by atoms with E-state index in [9.17, 15) is 17.2 Å². The van der Waals surface area contributed by atoms with Crippen molar-refractivity contribution in [1.29, 1.82) is 0 Å². The fourth-order valence-electron chi connectivity index (χ4n) is 1.52. The molecule has 3 N–H and O–H groups in total. The van der Waals surface area contributed by atoms with Gasteiger partial charge >= 0.3 is 0 Å². The van der Waals surface area contributed by atoms with Crippen molar-refractivity contribution in [1.82, 2.24) is 0 Å². The highest BCUT2D eigenvalue weighted by Gasteiger charge is 2.20. The number of nitrogens with one attached hydrogen (secondary N) is 1. The van der Waals surface area contributed by atoms with Crippen LogP contribution < -0.4 is 10.5 Å². The van der Waals surface area contributed by atoms with Crippen LogP contribution in [0.5, 0.6) is 0 Å². The molecule has 0 aliphatic rings. The molecular formula is C12H8BrClF2N2O2S. The van der Waals surface area contributed by atoms with Crippen molar-refractivity contribution in [2.75, 3.05) is 10.5 Å². The van der Waals surface area contributed by atoms with Crippen LogP contribution in [-0.4, -0.2) is 8.42 Å². The Kier molecular flexibility index (Phi) is 4.40. The van der Waals surface area contributed by atoms with Crippen molar-refractivity contribution in [2.45, 2.75) is 4.90 Å². The lowest BCUT2D eigenvalue weighted by Gasteiger charge is -2.11. The highest BCUT2D eigenvalue weighted by Crippen LogP contribution is 2.29. The number of hydrogen-bond acceptors (Lipinski definition) is 3. The van der Waals surface area contributed by atoms with Crippen LogP contribution >= 0.6 is 27.5 Å². The Morgan fingerprint density at radius 3 is 2.43 bits per heavy atom. The Balaban J connectivity index is 2.43. The van der Waals surface area contributed by atoms with E-state index >= 15 is 0 Å². The highest BCUT2D eigenvalue weighted by molar-refractivity contribution is 9.10. The van der Waals surface area contributed by atoms with Crippen LogP contribution in [0.3, 0.4) is 0 Å². The van der Waals surface area contributed by atoms with Gasteiger partial charge in [-0.1, -0.05) is 11.6 Å². The summed E-state index contributed by atoms with van der Waals surface area (Å²) in [5.74, 6) is -1.42. The first-order valence-electron chi connectivity index (χ1n) is 5.43. The Morgan fingerprint density at radius 1 is 1.14 bits per heavy atom. The summed E-state index contributed by atoms with van der Waals surface area (Å²) in [6, 6.07) is 5.28. The quantitative estimate of drug-likeness (QED) is 0.775. The first kappa shape index (κ1) is 16.0. The first-order chi connectivity index (χ1) is 9.70. The molecule has 0 aliphatic carbocycles. The minimum Gasteiger partial charge on any atom is -0.396 e. The Hall–Kier alpha value is -1.38. The standard InChI is InChI=1S/C12H8BrClF2N2O2S/c13-7-4-10(16)11(17)5-12(7)21(19,20)18-6-1-2-9(15)8(14)3-6/h1-5,18H,17H2. The number of sulfonamides is 1. The van der Waals surface area contributed by atoms with Crippen LogP contribution in [0.4, 0.5) is 20.2 Å². The van der Waals surface area contributed by atoms with E-state index in [2.05, 4.69) is 20.7 Å². The number of hydrogen-bond donors (Lipinski definition) is 2. The van der Waals surface area contributed by atoms with Gasteiger partial charge in [0.25, 0.3) is 10.0 Å². The third-order valence-electron chi connectivity index (χ3n) is 2.51. The molecule has 112 valence electrons. The second kappa shape index (κ2) is 5.78. The predicted molar refractivity (Wildman–Crippen MR) is 80.7 cm³/mol. The van der Waals surface area contributed by atoms with Gasteiger partial charge in [-0.2, -0.15) is 0 Å². The predicted octanol–water partition coefficient (Wildman–Crippen LogP) is 3.76. The molecule has 0 amide bonds. The van der Waals surface area contributed by atoms with Gasteiger partial charge in [-0.15, -0.1) is 0 Å². The average molecular weight is 398 g/mol. The molecule has 0 aliphatic heterocycles. The molecule has 0 saturated heterocycles. The van der Waals surface area contributed by atoms with Gasteiger partial charge in [0.1, 0.15) is 16.5 Å². The maximum atomic E-state index is 13.2. The minimum atomic E-state index is -4.04. The zero-order chi connectivity index (χ0) is 15.8. The lowest BCUT2D eigenvalue weighted by atomic mass is 10.3. The van der Waals surface area contributed by atoms with Gasteiger partial charge in [0.05, 0.1) is 16.4 Å². The molecule has 4 nitrogen and oxygen atoms in total. The van der Waals surface area contributed by atoms with Crippen LogP contribution in [0, 0.1) is 11.6 Å². The zero-order valence-electron chi connectivity index (χ0n) is 10.2. The molecule has 0 unspecified atom stereocenters. The molecule has 0 aromatic heterocycles. The number of benzene rings is 2. The van der Waals surface area contributed by atoms with E-state index in [1.807, 2.05) is 0 Å². The van der Waals surface area contributed by atoms with E-state index < -0.39 is 21.7 Å². The monoisotopic (exact) mass is 396 g/mol. The van der Waals surface area contributed by atoms with Gasteiger partial charge in [-0.3, -0.25) is 4.72 Å². The zero-order valence-corrected chi connectivity index (χ0v) is 13.4. The van der Waals surface area contributed by atoms with E-state index in [1.54, 1.807) is 0 Å². The van der Waals surface area contributed by atoms with E-state index in [0.717, 1.165) is 24.3 Å². The second-order valence-electron chi connectivity index (χ2n) is 4.04. The summed E-state index contributed by atoms with van der Waals surface area (Å²) in [6.45, 7) is 0. The van der Waals surface area contributed by atoms with E-state index in [0.29, 0.717) is 0 Å². The molecule has 2 rings (SSSR count). The molecule has 0 atom stereocenters. The van der Waals surface area contributed by atoms with Crippen LogP contribution in [0.15, 0.2) is 39.7 Å². The van der Waals surface area contributed by atoms with Crippen molar-refractivity contribution in [3.05, 3.63) is 51.5 Å². The molecule has 0 radical (unpaired) electrons. The van der Waals surface area contributed by atoms with E-state index in [1.165, 1.54) is 6.07 Å². The molecule has 2 aromatic carbocycles. The van der Waals surface area contributed by atoms with Crippen molar-refractivity contribution in [3.8, 4) is 0 Å². The first-order valence-corrected chi connectivity index (χ1v) is 8.08. The average Bonchev–Trinajstić information content (AvgIpc) is 2.37. The van der Waals surface area contributed by atoms with Gasteiger partial charge in [-0.25, -0.2) is 17.2 Å². The van der Waals surface area contributed by atoms with Crippen LogP contribution in [0.25, 0.3) is 0 Å². The lowest BCUT2D eigenvalue weighted by molar-refractivity contribution is 0.599. The third kappa shape index (κ3) is 3.45. The highest BCUT2D eigenvalue weighted by atomic mass is 79.9. The van der Waals surface area contributed by atoms with Crippen LogP contribution in [0.2, 0.25) is 5.02 Å². The van der Waals surface area contributed by atoms with Crippen molar-refractivity contribution < 1.29 is 17.2 Å². The molecule has 0 spiro atoms. The van der Waals surface area contributed by atoms with Gasteiger partial charge in [-0.05, 0) is 46.3 Å². The largest absolute Gasteiger partial charge is 0.396 e. The summed E-state index contributed by atoms with van der Waals surface area (Å²) in [6.07, 6.45) is 0. The normalized spacial score (nSPS) is 11.4. The number of anilines is 2. The fraction of sp³-hybridized carbons (Fsp3) is 0. The van der Waals surface area contributed by atoms with Gasteiger partial charge in [0.15, 0.2) is 0 Å². The molecule has 0 heterocycles. The summed E-state index contributed by atoms with van der Waals surface area (Å²) in [4.78, 5) is -0.248. The number of rotatable bonds is 3. The Bertz CT molecular complexity index is 815. The van der Waals surface area contributed by atoms with E-state index in [-0.39, 0.29) is 25.8 Å². The lowest BCUT2D eigenvalue weighted by Crippen LogP contribution is -2.14. The number of nitrogen functional groups attached to an aromatic ring is 1. The summed E-state index contributed by atoms with van der Waals surface area (Å²) in [5, 5.41) is -0.229. The molecule has 21 heavy (non-hydrogen) atoms. The molecular weight excluding hydrogens is 390 g/mol. The SMILES string of the molecule is Nc1cc(S(=O)(=O)Nc2ccc(F)c(Cl)c2)c(Br)cc1F. The van der Waals surface area contributed by atoms with Crippen LogP contribution in [-0.2, 0) is 10.0 Å². The second-order valence-corrected chi connectivity index (χ2v) is 6.95. The summed E-state index contributed by atoms with van der Waals surface area (Å²) >= 11 is 8.53. The summed E-state index contributed by atoms with van der Waals surface area (Å²) < 4.78 is 52.9. The van der Waals surface area contributed by atoms with E-state index in [4.69, 9.17) is 17.3 Å². The topological polar surface area (TPSA) is 72.2 Å². The smallest absolute Gasteiger partial charge is 0.263 e. The van der Waals surface area contributed by atoms with Crippen molar-refractivity contribution in [2.24, 2.45) is 0 Å². The molecule has 0 saturated carbocycles. The van der Waals surface area contributed by atoms with Gasteiger partial charge in [0, 0.05) is 4.47 Å². The summed E-state index contributed by atoms with van der Waals surface area (Å²) in [7, 11) is -4.04. The summed E-state index contributed by atoms with van der Waals surface area (Å²) in [5.41, 5.74) is 5.12. The van der Waals surface area contributed by atoms with Crippen molar-refractivity contribution in [3.63, 3.8) is 0 Å². The molecule has 0 fully saturated rings. The van der Waals surface area contributed by atoms with Gasteiger partial charge in [0.2, 0.25) is 0 Å². The minimum absolute atomic E-state index is 0.00917.